The van der Waals surface area contributed by atoms with E-state index < -0.39 is 0 Å². The lowest BCUT2D eigenvalue weighted by atomic mass is 9.51. The van der Waals surface area contributed by atoms with Crippen LogP contribution in [0.3, 0.4) is 0 Å². The largest absolute Gasteiger partial charge is 0.310 e. The van der Waals surface area contributed by atoms with E-state index in [0.29, 0.717) is 5.92 Å². The number of nitrogens with zero attached hydrogens (tertiary/aromatic N) is 1. The molecule has 0 heterocycles. The zero-order valence-electron chi connectivity index (χ0n) is 28.0. The number of hydrogen-bond acceptors (Lipinski definition) is 1. The molecule has 7 aromatic carbocycles. The summed E-state index contributed by atoms with van der Waals surface area (Å²) in [7, 11) is 0. The van der Waals surface area contributed by atoms with Crippen molar-refractivity contribution in [1.29, 1.82) is 0 Å². The average molecular weight is 640 g/mol. The van der Waals surface area contributed by atoms with Gasteiger partial charge in [0, 0.05) is 22.5 Å². The van der Waals surface area contributed by atoms with E-state index in [1.54, 1.807) is 5.57 Å². The summed E-state index contributed by atoms with van der Waals surface area (Å²) in [6.45, 7) is 0. The molecule has 2 atom stereocenters. The Balaban J connectivity index is 1.09. The lowest BCUT2D eigenvalue weighted by Crippen LogP contribution is -2.46. The van der Waals surface area contributed by atoms with E-state index in [1.165, 1.54) is 74.9 Å². The van der Waals surface area contributed by atoms with Crippen molar-refractivity contribution in [2.45, 2.75) is 24.7 Å². The van der Waals surface area contributed by atoms with Gasteiger partial charge < -0.3 is 4.90 Å². The molecule has 3 aliphatic rings. The van der Waals surface area contributed by atoms with Crippen LogP contribution < -0.4 is 4.90 Å². The monoisotopic (exact) mass is 639 g/mol. The molecule has 2 unspecified atom stereocenters. The minimum atomic E-state index is 0.0739. The van der Waals surface area contributed by atoms with E-state index >= 15 is 0 Å². The molecule has 10 rings (SSSR count). The molecule has 0 radical (unpaired) electrons. The van der Waals surface area contributed by atoms with Crippen LogP contribution in [-0.4, -0.2) is 0 Å². The summed E-state index contributed by atoms with van der Waals surface area (Å²) in [6.07, 6.45) is 6.39. The molecule has 2 bridgehead atoms. The Labute approximate surface area is 294 Å². The molecule has 0 saturated carbocycles. The maximum absolute atomic E-state index is 2.57. The Morgan fingerprint density at radius 1 is 0.440 bits per heavy atom. The highest BCUT2D eigenvalue weighted by Crippen LogP contribution is 2.66. The quantitative estimate of drug-likeness (QED) is 0.164. The molecule has 0 aliphatic heterocycles. The van der Waals surface area contributed by atoms with Gasteiger partial charge in [0.15, 0.2) is 0 Å². The van der Waals surface area contributed by atoms with Crippen LogP contribution >= 0.6 is 0 Å². The molecule has 0 amide bonds. The Bertz CT molecular complexity index is 2320. The molecule has 0 N–H and O–H groups in total. The first-order chi connectivity index (χ1) is 24.8. The normalized spacial score (nSPS) is 18.2. The minimum Gasteiger partial charge on any atom is -0.310 e. The van der Waals surface area contributed by atoms with Crippen LogP contribution in [0.2, 0.25) is 0 Å². The Hall–Kier alpha value is -5.92. The first kappa shape index (κ1) is 29.0. The van der Waals surface area contributed by atoms with Crippen molar-refractivity contribution >= 4 is 17.1 Å². The van der Waals surface area contributed by atoms with Crippen LogP contribution in [0.25, 0.3) is 44.5 Å². The number of fused-ring (bicyclic) bond motifs is 8. The zero-order chi connectivity index (χ0) is 33.1. The molecule has 7 aromatic rings. The second-order valence-corrected chi connectivity index (χ2v) is 14.0. The standard InChI is InChI=1S/C49H37N/c1-3-13-34(14-4-1)37-17-9-21-42(31-37)50(43-22-10-18-38(32-43)35-15-5-2-6-16-35)41-29-27-36(28-30-41)44-24-12-26-47-48(44)45-23-7-8-25-46(45)49(47)39-19-11-20-40(49)33-39/h1-10,12-18,21-33,39H,11,19-20H2. The molecule has 0 saturated heterocycles. The summed E-state index contributed by atoms with van der Waals surface area (Å²) in [5.74, 6) is 0.609. The number of hydrogen-bond donors (Lipinski definition) is 0. The van der Waals surface area contributed by atoms with E-state index in [4.69, 9.17) is 0 Å². The number of benzene rings is 7. The van der Waals surface area contributed by atoms with Crippen LogP contribution in [0.1, 0.15) is 30.4 Å². The highest BCUT2D eigenvalue weighted by molar-refractivity contribution is 5.95. The Kier molecular flexibility index (Phi) is 6.74. The fraction of sp³-hybridized carbons (Fsp3) is 0.102. The average Bonchev–Trinajstić information content (AvgIpc) is 3.52. The molecule has 50 heavy (non-hydrogen) atoms. The van der Waals surface area contributed by atoms with Gasteiger partial charge in [-0.25, -0.2) is 0 Å². The molecule has 1 spiro atoms. The predicted octanol–water partition coefficient (Wildman–Crippen LogP) is 13.2. The lowest BCUT2D eigenvalue weighted by molar-refractivity contribution is 0.301. The van der Waals surface area contributed by atoms with Crippen LogP contribution in [-0.2, 0) is 5.41 Å². The minimum absolute atomic E-state index is 0.0739. The molecule has 3 aliphatic carbocycles. The Morgan fingerprint density at radius 3 is 1.62 bits per heavy atom. The van der Waals surface area contributed by atoms with Gasteiger partial charge in [0.25, 0.3) is 0 Å². The first-order valence-electron chi connectivity index (χ1n) is 18.0. The first-order valence-corrected chi connectivity index (χ1v) is 18.0. The van der Waals surface area contributed by atoms with Crippen LogP contribution in [0, 0.1) is 5.92 Å². The summed E-state index contributed by atoms with van der Waals surface area (Å²) < 4.78 is 0. The third kappa shape index (κ3) is 4.40. The van der Waals surface area contributed by atoms with Gasteiger partial charge in [0.2, 0.25) is 0 Å². The summed E-state index contributed by atoms with van der Waals surface area (Å²) in [5.41, 5.74) is 18.4. The van der Waals surface area contributed by atoms with Gasteiger partial charge in [0.05, 0.1) is 0 Å². The van der Waals surface area contributed by atoms with Gasteiger partial charge in [-0.15, -0.1) is 0 Å². The topological polar surface area (TPSA) is 3.24 Å². The van der Waals surface area contributed by atoms with Gasteiger partial charge >= 0.3 is 0 Å². The van der Waals surface area contributed by atoms with Crippen LogP contribution in [0.5, 0.6) is 0 Å². The van der Waals surface area contributed by atoms with E-state index in [2.05, 4.69) is 187 Å². The molecular weight excluding hydrogens is 603 g/mol. The highest BCUT2D eigenvalue weighted by atomic mass is 15.1. The van der Waals surface area contributed by atoms with Crippen molar-refractivity contribution in [3.8, 4) is 44.5 Å². The SMILES string of the molecule is C1=C2CCCC1C21c2ccccc2-c2c(-c3ccc(N(c4cccc(-c5ccccc5)c4)c4cccc(-c5ccccc5)c4)cc3)cccc21. The van der Waals surface area contributed by atoms with Crippen molar-refractivity contribution in [2.24, 2.45) is 5.92 Å². The van der Waals surface area contributed by atoms with Gasteiger partial charge in [-0.3, -0.25) is 0 Å². The molecule has 1 nitrogen and oxygen atoms in total. The molecule has 0 fully saturated rings. The molecule has 0 aromatic heterocycles. The second-order valence-electron chi connectivity index (χ2n) is 14.0. The summed E-state index contributed by atoms with van der Waals surface area (Å²) in [6, 6.07) is 64.6. The fourth-order valence-corrected chi connectivity index (χ4v) is 9.23. The summed E-state index contributed by atoms with van der Waals surface area (Å²) in [4.78, 5) is 2.39. The third-order valence-electron chi connectivity index (χ3n) is 11.4. The predicted molar refractivity (Wildman–Crippen MR) is 209 cm³/mol. The van der Waals surface area contributed by atoms with Gasteiger partial charge in [-0.1, -0.05) is 151 Å². The van der Waals surface area contributed by atoms with Crippen molar-refractivity contribution in [1.82, 2.24) is 0 Å². The lowest BCUT2D eigenvalue weighted by Gasteiger charge is -2.52. The van der Waals surface area contributed by atoms with Gasteiger partial charge in [-0.2, -0.15) is 0 Å². The number of rotatable bonds is 6. The van der Waals surface area contributed by atoms with Crippen LogP contribution in [0.4, 0.5) is 17.1 Å². The number of anilines is 3. The maximum Gasteiger partial charge on any atom is 0.0486 e. The van der Waals surface area contributed by atoms with E-state index in [0.717, 1.165) is 17.1 Å². The van der Waals surface area contributed by atoms with Crippen molar-refractivity contribution < 1.29 is 0 Å². The van der Waals surface area contributed by atoms with Gasteiger partial charge in [-0.05, 0) is 117 Å². The van der Waals surface area contributed by atoms with E-state index in [1.807, 2.05) is 0 Å². The highest BCUT2D eigenvalue weighted by Gasteiger charge is 2.57. The van der Waals surface area contributed by atoms with E-state index in [9.17, 15) is 0 Å². The van der Waals surface area contributed by atoms with Crippen LogP contribution in [0.15, 0.2) is 188 Å². The summed E-state index contributed by atoms with van der Waals surface area (Å²) in [5, 5.41) is 0. The zero-order valence-corrected chi connectivity index (χ0v) is 28.0. The smallest absolute Gasteiger partial charge is 0.0486 e. The van der Waals surface area contributed by atoms with Crippen molar-refractivity contribution in [3.05, 3.63) is 199 Å². The number of allylic oxidation sites excluding steroid dienone is 2. The molecule has 1 heteroatoms. The van der Waals surface area contributed by atoms with E-state index in [-0.39, 0.29) is 5.41 Å². The molecule has 238 valence electrons. The fourth-order valence-electron chi connectivity index (χ4n) is 9.23. The maximum atomic E-state index is 2.57. The molecular formula is C49H37N. The summed E-state index contributed by atoms with van der Waals surface area (Å²) >= 11 is 0. The van der Waals surface area contributed by atoms with Crippen molar-refractivity contribution in [2.75, 3.05) is 4.90 Å². The third-order valence-corrected chi connectivity index (χ3v) is 11.4. The Morgan fingerprint density at radius 2 is 1.00 bits per heavy atom. The second kappa shape index (κ2) is 11.6. The van der Waals surface area contributed by atoms with Crippen molar-refractivity contribution in [3.63, 3.8) is 0 Å². The van der Waals surface area contributed by atoms with Gasteiger partial charge in [0.1, 0.15) is 0 Å².